The Morgan fingerprint density at radius 2 is 2.29 bits per heavy atom. The molecule has 3 N–H and O–H groups in total. The lowest BCUT2D eigenvalue weighted by Gasteiger charge is -2.41. The maximum atomic E-state index is 11.6. The molecule has 1 saturated carbocycles. The Morgan fingerprint density at radius 1 is 1.59 bits per heavy atom. The molecule has 1 aliphatic rings. The Balaban J connectivity index is 2.61. The van der Waals surface area contributed by atoms with Gasteiger partial charge in [-0.15, -0.1) is 0 Å². The second kappa shape index (κ2) is 6.36. The standard InChI is InChI=1S/C13H27N3O/c1-4-5-9-16(3)11-7-6-8-13(10-11,15-2)12(14)17/h11,15H,4-10H2,1-3H3,(H2,14,17). The molecule has 4 heteroatoms. The van der Waals surface area contributed by atoms with Crippen molar-refractivity contribution in [1.82, 2.24) is 10.2 Å². The summed E-state index contributed by atoms with van der Waals surface area (Å²) in [5, 5.41) is 3.16. The van der Waals surface area contributed by atoms with Gasteiger partial charge in [0.15, 0.2) is 0 Å². The third-order valence-electron chi connectivity index (χ3n) is 4.16. The number of carbonyl (C=O) groups is 1. The Kier molecular flexibility index (Phi) is 5.40. The first kappa shape index (κ1) is 14.5. The second-order valence-electron chi connectivity index (χ2n) is 5.28. The highest BCUT2D eigenvalue weighted by Gasteiger charge is 2.40. The molecule has 100 valence electrons. The minimum atomic E-state index is -0.483. The van der Waals surface area contributed by atoms with Gasteiger partial charge in [-0.2, -0.15) is 0 Å². The smallest absolute Gasteiger partial charge is 0.237 e. The molecule has 1 rings (SSSR count). The first-order chi connectivity index (χ1) is 8.05. The summed E-state index contributed by atoms with van der Waals surface area (Å²) in [6.07, 6.45) is 6.40. The molecule has 1 fully saturated rings. The number of nitrogens with one attached hydrogen (secondary N) is 1. The first-order valence-corrected chi connectivity index (χ1v) is 6.75. The van der Waals surface area contributed by atoms with Gasteiger partial charge in [0.25, 0.3) is 0 Å². The second-order valence-corrected chi connectivity index (χ2v) is 5.28. The maximum absolute atomic E-state index is 11.6. The quantitative estimate of drug-likeness (QED) is 0.732. The zero-order valence-electron chi connectivity index (χ0n) is 11.5. The summed E-state index contributed by atoms with van der Waals surface area (Å²) in [6.45, 7) is 3.32. The van der Waals surface area contributed by atoms with Gasteiger partial charge in [-0.3, -0.25) is 4.79 Å². The molecule has 0 bridgehead atoms. The molecule has 4 nitrogen and oxygen atoms in total. The fraction of sp³-hybridized carbons (Fsp3) is 0.923. The first-order valence-electron chi connectivity index (χ1n) is 6.75. The normalized spacial score (nSPS) is 29.5. The van der Waals surface area contributed by atoms with Gasteiger partial charge in [0.1, 0.15) is 0 Å². The van der Waals surface area contributed by atoms with Crippen LogP contribution < -0.4 is 11.1 Å². The zero-order chi connectivity index (χ0) is 12.9. The van der Waals surface area contributed by atoms with E-state index in [0.717, 1.165) is 25.8 Å². The van der Waals surface area contributed by atoms with Gasteiger partial charge in [0.05, 0.1) is 5.54 Å². The van der Waals surface area contributed by atoms with Crippen LogP contribution in [0.15, 0.2) is 0 Å². The third kappa shape index (κ3) is 3.42. The van der Waals surface area contributed by atoms with Crippen LogP contribution in [0, 0.1) is 0 Å². The maximum Gasteiger partial charge on any atom is 0.237 e. The monoisotopic (exact) mass is 241 g/mol. The van der Waals surface area contributed by atoms with E-state index < -0.39 is 5.54 Å². The number of hydrogen-bond acceptors (Lipinski definition) is 3. The van der Waals surface area contributed by atoms with Crippen LogP contribution in [0.1, 0.15) is 45.4 Å². The van der Waals surface area contributed by atoms with Gasteiger partial charge < -0.3 is 16.0 Å². The fourth-order valence-corrected chi connectivity index (χ4v) is 2.79. The fourth-order valence-electron chi connectivity index (χ4n) is 2.79. The highest BCUT2D eigenvalue weighted by molar-refractivity contribution is 5.84. The van der Waals surface area contributed by atoms with Crippen molar-refractivity contribution in [2.24, 2.45) is 5.73 Å². The van der Waals surface area contributed by atoms with Crippen LogP contribution in [0.5, 0.6) is 0 Å². The van der Waals surface area contributed by atoms with Gasteiger partial charge >= 0.3 is 0 Å². The van der Waals surface area contributed by atoms with Crippen LogP contribution in [-0.2, 0) is 4.79 Å². The Labute approximate surface area is 105 Å². The Bertz CT molecular complexity index is 257. The molecule has 0 saturated heterocycles. The number of amides is 1. The summed E-state index contributed by atoms with van der Waals surface area (Å²) in [5.41, 5.74) is 5.07. The third-order valence-corrected chi connectivity index (χ3v) is 4.16. The molecule has 2 unspecified atom stereocenters. The molecule has 0 aromatic rings. The number of rotatable bonds is 6. The number of nitrogens with two attached hydrogens (primary N) is 1. The molecule has 2 atom stereocenters. The predicted octanol–water partition coefficient (Wildman–Crippen LogP) is 1.10. The van der Waals surface area contributed by atoms with Crippen LogP contribution in [0.25, 0.3) is 0 Å². The molecule has 0 aromatic carbocycles. The van der Waals surface area contributed by atoms with E-state index in [2.05, 4.69) is 24.2 Å². The molecule has 0 spiro atoms. The topological polar surface area (TPSA) is 58.4 Å². The van der Waals surface area contributed by atoms with Gasteiger partial charge in [-0.1, -0.05) is 13.3 Å². The van der Waals surface area contributed by atoms with Crippen molar-refractivity contribution in [2.45, 2.75) is 57.0 Å². The van der Waals surface area contributed by atoms with Crippen molar-refractivity contribution in [3.63, 3.8) is 0 Å². The van der Waals surface area contributed by atoms with Crippen LogP contribution in [-0.4, -0.2) is 43.0 Å². The van der Waals surface area contributed by atoms with Crippen molar-refractivity contribution in [3.8, 4) is 0 Å². The van der Waals surface area contributed by atoms with E-state index >= 15 is 0 Å². The molecule has 1 amide bonds. The largest absolute Gasteiger partial charge is 0.368 e. The number of primary amides is 1. The van der Waals surface area contributed by atoms with Crippen molar-refractivity contribution in [3.05, 3.63) is 0 Å². The summed E-state index contributed by atoms with van der Waals surface area (Å²) in [5.74, 6) is -0.200. The van der Waals surface area contributed by atoms with Crippen molar-refractivity contribution >= 4 is 5.91 Å². The van der Waals surface area contributed by atoms with Crippen molar-refractivity contribution in [2.75, 3.05) is 20.6 Å². The Hall–Kier alpha value is -0.610. The highest BCUT2D eigenvalue weighted by atomic mass is 16.1. The number of hydrogen-bond donors (Lipinski definition) is 2. The molecular weight excluding hydrogens is 214 g/mol. The predicted molar refractivity (Wildman–Crippen MR) is 70.8 cm³/mol. The number of carbonyl (C=O) groups excluding carboxylic acids is 1. The molecule has 0 heterocycles. The van der Waals surface area contributed by atoms with E-state index in [1.54, 1.807) is 0 Å². The van der Waals surface area contributed by atoms with Gasteiger partial charge in [-0.25, -0.2) is 0 Å². The lowest BCUT2D eigenvalue weighted by molar-refractivity contribution is -0.126. The van der Waals surface area contributed by atoms with Crippen LogP contribution in [0.3, 0.4) is 0 Å². The SMILES string of the molecule is CCCCN(C)C1CCCC(NC)(C(N)=O)C1. The lowest BCUT2D eigenvalue weighted by atomic mass is 9.78. The number of nitrogens with zero attached hydrogens (tertiary/aromatic N) is 1. The van der Waals surface area contributed by atoms with Crippen molar-refractivity contribution < 1.29 is 4.79 Å². The zero-order valence-corrected chi connectivity index (χ0v) is 11.5. The molecule has 0 radical (unpaired) electrons. The number of unbranched alkanes of at least 4 members (excludes halogenated alkanes) is 1. The molecule has 0 aliphatic heterocycles. The molecule has 1 aliphatic carbocycles. The van der Waals surface area contributed by atoms with E-state index in [1.807, 2.05) is 7.05 Å². The van der Waals surface area contributed by atoms with Gasteiger partial charge in [0, 0.05) is 6.04 Å². The van der Waals surface area contributed by atoms with Crippen LogP contribution >= 0.6 is 0 Å². The summed E-state index contributed by atoms with van der Waals surface area (Å²) in [7, 11) is 4.01. The minimum absolute atomic E-state index is 0.200. The molecular formula is C13H27N3O. The molecule has 17 heavy (non-hydrogen) atoms. The summed E-state index contributed by atoms with van der Waals surface area (Å²) in [4.78, 5) is 14.0. The van der Waals surface area contributed by atoms with E-state index in [-0.39, 0.29) is 5.91 Å². The number of likely N-dealkylation sites (N-methyl/N-ethyl adjacent to an activating group) is 1. The van der Waals surface area contributed by atoms with E-state index in [0.29, 0.717) is 6.04 Å². The minimum Gasteiger partial charge on any atom is -0.368 e. The summed E-state index contributed by atoms with van der Waals surface area (Å²) in [6, 6.07) is 0.482. The highest BCUT2D eigenvalue weighted by Crippen LogP contribution is 2.30. The van der Waals surface area contributed by atoms with Crippen LogP contribution in [0.2, 0.25) is 0 Å². The van der Waals surface area contributed by atoms with Crippen LogP contribution in [0.4, 0.5) is 0 Å². The summed E-state index contributed by atoms with van der Waals surface area (Å²) >= 11 is 0. The van der Waals surface area contributed by atoms with E-state index in [1.165, 1.54) is 19.3 Å². The Morgan fingerprint density at radius 3 is 2.82 bits per heavy atom. The van der Waals surface area contributed by atoms with Crippen molar-refractivity contribution in [1.29, 1.82) is 0 Å². The van der Waals surface area contributed by atoms with E-state index in [4.69, 9.17) is 5.73 Å². The summed E-state index contributed by atoms with van der Waals surface area (Å²) < 4.78 is 0. The molecule has 0 aromatic heterocycles. The average Bonchev–Trinajstić information content (AvgIpc) is 2.35. The average molecular weight is 241 g/mol. The van der Waals surface area contributed by atoms with Gasteiger partial charge in [0.2, 0.25) is 5.91 Å². The van der Waals surface area contributed by atoms with Gasteiger partial charge in [-0.05, 0) is 52.7 Å². The lowest BCUT2D eigenvalue weighted by Crippen LogP contribution is -2.59. The van der Waals surface area contributed by atoms with E-state index in [9.17, 15) is 4.79 Å².